The van der Waals surface area contributed by atoms with E-state index in [1.54, 1.807) is 27.9 Å². The molecule has 1 aliphatic rings. The highest BCUT2D eigenvalue weighted by atomic mass is 16.6. The van der Waals surface area contributed by atoms with Gasteiger partial charge in [0, 0.05) is 11.8 Å². The molecule has 1 amide bonds. The lowest BCUT2D eigenvalue weighted by Gasteiger charge is -2.29. The second-order valence-corrected chi connectivity index (χ2v) is 9.94. The van der Waals surface area contributed by atoms with Gasteiger partial charge >= 0.3 is 12.1 Å². The first kappa shape index (κ1) is 23.6. The number of alkyl carbamates (subject to hydrolysis) is 1. The molecule has 0 saturated heterocycles. The van der Waals surface area contributed by atoms with Gasteiger partial charge in [0.15, 0.2) is 0 Å². The summed E-state index contributed by atoms with van der Waals surface area (Å²) < 4.78 is 16.8. The summed E-state index contributed by atoms with van der Waals surface area (Å²) in [7, 11) is 1.61. The van der Waals surface area contributed by atoms with Crippen LogP contribution in [0, 0.1) is 5.41 Å². The molecular weight excluding hydrogens is 406 g/mol. The molecule has 172 valence electrons. The van der Waals surface area contributed by atoms with Crippen LogP contribution in [0.3, 0.4) is 0 Å². The smallest absolute Gasteiger partial charge is 0.408 e. The van der Waals surface area contributed by atoms with E-state index in [9.17, 15) is 9.59 Å². The highest BCUT2D eigenvalue weighted by Gasteiger charge is 2.43. The summed E-state index contributed by atoms with van der Waals surface area (Å²) in [5.74, 6) is 0.226. The molecule has 32 heavy (non-hydrogen) atoms. The fourth-order valence-corrected chi connectivity index (χ4v) is 4.02. The lowest BCUT2D eigenvalue weighted by atomic mass is 9.87. The Bertz CT molecular complexity index is 962. The molecule has 2 aromatic carbocycles. The molecule has 0 radical (unpaired) electrons. The van der Waals surface area contributed by atoms with E-state index in [1.807, 2.05) is 48.5 Å². The number of benzene rings is 2. The third-order valence-corrected chi connectivity index (χ3v) is 5.48. The number of carbonyl (C=O) groups is 2. The maximum Gasteiger partial charge on any atom is 0.408 e. The van der Waals surface area contributed by atoms with Gasteiger partial charge in [0.1, 0.15) is 23.5 Å². The molecule has 2 atom stereocenters. The first-order valence-electron chi connectivity index (χ1n) is 10.9. The van der Waals surface area contributed by atoms with E-state index >= 15 is 0 Å². The molecule has 0 aromatic heterocycles. The van der Waals surface area contributed by atoms with Crippen molar-refractivity contribution in [1.82, 2.24) is 5.32 Å². The zero-order valence-corrected chi connectivity index (χ0v) is 19.7. The SMILES string of the molecule is COc1ccc2c(c1)[C@@H](OC(=O)[C@H](Cc1ccccc1)NC(=O)OC(C)(C)C)C(C)(C)C2. The fourth-order valence-electron chi connectivity index (χ4n) is 4.02. The van der Waals surface area contributed by atoms with Gasteiger partial charge in [-0.25, -0.2) is 9.59 Å². The average Bonchev–Trinajstić information content (AvgIpc) is 2.95. The summed E-state index contributed by atoms with van der Waals surface area (Å²) in [6, 6.07) is 14.5. The summed E-state index contributed by atoms with van der Waals surface area (Å²) in [4.78, 5) is 25.8. The number of nitrogens with one attached hydrogen (secondary N) is 1. The van der Waals surface area contributed by atoms with Crippen LogP contribution < -0.4 is 10.1 Å². The normalized spacial score (nSPS) is 17.8. The van der Waals surface area contributed by atoms with E-state index in [1.165, 1.54) is 0 Å². The zero-order chi connectivity index (χ0) is 23.5. The van der Waals surface area contributed by atoms with Gasteiger partial charge in [-0.05, 0) is 56.0 Å². The van der Waals surface area contributed by atoms with Crippen LogP contribution in [0.5, 0.6) is 5.75 Å². The van der Waals surface area contributed by atoms with Gasteiger partial charge in [-0.2, -0.15) is 0 Å². The van der Waals surface area contributed by atoms with Crippen LogP contribution in [0.15, 0.2) is 48.5 Å². The Morgan fingerprint density at radius 2 is 1.81 bits per heavy atom. The second-order valence-electron chi connectivity index (χ2n) is 9.94. The number of amides is 1. The van der Waals surface area contributed by atoms with Crippen molar-refractivity contribution in [2.24, 2.45) is 5.41 Å². The van der Waals surface area contributed by atoms with Crippen molar-refractivity contribution >= 4 is 12.1 Å². The highest BCUT2D eigenvalue weighted by molar-refractivity contribution is 5.82. The molecule has 1 aliphatic carbocycles. The minimum atomic E-state index is -0.877. The van der Waals surface area contributed by atoms with Crippen LogP contribution in [0.25, 0.3) is 0 Å². The molecule has 0 saturated carbocycles. The largest absolute Gasteiger partial charge is 0.497 e. The number of ether oxygens (including phenoxy) is 3. The van der Waals surface area contributed by atoms with Crippen molar-refractivity contribution in [2.45, 2.75) is 65.2 Å². The number of rotatable bonds is 6. The number of methoxy groups -OCH3 is 1. The summed E-state index contributed by atoms with van der Waals surface area (Å²) in [5, 5.41) is 2.71. The molecule has 0 fully saturated rings. The van der Waals surface area contributed by atoms with E-state index < -0.39 is 29.8 Å². The van der Waals surface area contributed by atoms with E-state index in [4.69, 9.17) is 14.2 Å². The number of carbonyl (C=O) groups excluding carboxylic acids is 2. The number of fused-ring (bicyclic) bond motifs is 1. The Hall–Kier alpha value is -3.02. The van der Waals surface area contributed by atoms with Gasteiger partial charge in [0.25, 0.3) is 0 Å². The number of esters is 1. The van der Waals surface area contributed by atoms with Crippen LogP contribution in [-0.2, 0) is 27.1 Å². The Morgan fingerprint density at radius 3 is 2.44 bits per heavy atom. The van der Waals surface area contributed by atoms with Crippen LogP contribution in [0.1, 0.15) is 57.4 Å². The second kappa shape index (κ2) is 9.23. The number of hydrogen-bond donors (Lipinski definition) is 1. The first-order chi connectivity index (χ1) is 15.0. The van der Waals surface area contributed by atoms with Gasteiger partial charge in [-0.3, -0.25) is 0 Å². The van der Waals surface area contributed by atoms with Crippen molar-refractivity contribution in [3.63, 3.8) is 0 Å². The molecule has 0 bridgehead atoms. The van der Waals surface area contributed by atoms with Crippen LogP contribution in [0.2, 0.25) is 0 Å². The van der Waals surface area contributed by atoms with Gasteiger partial charge < -0.3 is 19.5 Å². The summed E-state index contributed by atoms with van der Waals surface area (Å²) in [6.07, 6.45) is -0.00797. The predicted molar refractivity (Wildman–Crippen MR) is 123 cm³/mol. The Morgan fingerprint density at radius 1 is 1.12 bits per heavy atom. The lowest BCUT2D eigenvalue weighted by molar-refractivity contribution is -0.157. The van der Waals surface area contributed by atoms with Crippen LogP contribution >= 0.6 is 0 Å². The standard InChI is InChI=1S/C26H33NO5/c1-25(2,3)32-24(29)27-21(14-17-10-8-7-9-11-17)23(28)31-22-20-15-19(30-6)13-12-18(20)16-26(22,4)5/h7-13,15,21-22H,14,16H2,1-6H3,(H,27,29)/t21-,22+/m0/s1. The molecular formula is C26H33NO5. The minimum absolute atomic E-state index is 0.284. The van der Waals surface area contributed by atoms with Gasteiger partial charge in [-0.15, -0.1) is 0 Å². The Kier molecular flexibility index (Phi) is 6.82. The van der Waals surface area contributed by atoms with Crippen molar-refractivity contribution in [3.05, 3.63) is 65.2 Å². The molecule has 0 aliphatic heterocycles. The quantitative estimate of drug-likeness (QED) is 0.642. The van der Waals surface area contributed by atoms with Crippen molar-refractivity contribution in [3.8, 4) is 5.75 Å². The summed E-state index contributed by atoms with van der Waals surface area (Å²) in [6.45, 7) is 9.49. The first-order valence-corrected chi connectivity index (χ1v) is 10.9. The van der Waals surface area contributed by atoms with Gasteiger partial charge in [-0.1, -0.05) is 50.2 Å². The highest BCUT2D eigenvalue weighted by Crippen LogP contribution is 2.48. The minimum Gasteiger partial charge on any atom is -0.497 e. The van der Waals surface area contributed by atoms with E-state index in [0.717, 1.165) is 28.9 Å². The lowest BCUT2D eigenvalue weighted by Crippen LogP contribution is -2.46. The molecule has 0 unspecified atom stereocenters. The van der Waals surface area contributed by atoms with Crippen molar-refractivity contribution < 1.29 is 23.8 Å². The maximum absolute atomic E-state index is 13.3. The molecule has 6 heteroatoms. The Labute approximate surface area is 190 Å². The van der Waals surface area contributed by atoms with Crippen LogP contribution in [-0.4, -0.2) is 30.8 Å². The van der Waals surface area contributed by atoms with E-state index in [0.29, 0.717) is 6.42 Å². The van der Waals surface area contributed by atoms with Crippen molar-refractivity contribution in [2.75, 3.05) is 7.11 Å². The maximum atomic E-state index is 13.3. The van der Waals surface area contributed by atoms with Gasteiger partial charge in [0.2, 0.25) is 0 Å². The molecule has 2 aromatic rings. The fraction of sp³-hybridized carbons (Fsp3) is 0.462. The zero-order valence-electron chi connectivity index (χ0n) is 19.7. The molecule has 1 N–H and O–H groups in total. The molecule has 0 heterocycles. The van der Waals surface area contributed by atoms with E-state index in [2.05, 4.69) is 19.2 Å². The molecule has 0 spiro atoms. The predicted octanol–water partition coefficient (Wildman–Crippen LogP) is 5.00. The average molecular weight is 440 g/mol. The van der Waals surface area contributed by atoms with Crippen LogP contribution in [0.4, 0.5) is 4.79 Å². The molecule has 6 nitrogen and oxygen atoms in total. The molecule has 3 rings (SSSR count). The van der Waals surface area contributed by atoms with E-state index in [-0.39, 0.29) is 5.41 Å². The number of hydrogen-bond acceptors (Lipinski definition) is 5. The summed E-state index contributed by atoms with van der Waals surface area (Å²) >= 11 is 0. The monoisotopic (exact) mass is 439 g/mol. The Balaban J connectivity index is 1.83. The summed E-state index contributed by atoms with van der Waals surface area (Å²) in [5.41, 5.74) is 2.03. The van der Waals surface area contributed by atoms with Crippen molar-refractivity contribution in [1.29, 1.82) is 0 Å². The third kappa shape index (κ3) is 5.81. The third-order valence-electron chi connectivity index (χ3n) is 5.48. The topological polar surface area (TPSA) is 73.9 Å². The van der Waals surface area contributed by atoms with Gasteiger partial charge in [0.05, 0.1) is 7.11 Å².